The van der Waals surface area contributed by atoms with Gasteiger partial charge in [0.05, 0.1) is 35.3 Å². The SMILES string of the molecule is C[C@@H]1CN([C@@H](C)CO)C(=O)c2cc(NC(=O)C3CCCCC3)ccc2O[C@@H](C)CCCCO[C@@H]1CN(C)S(=O)(=O)c1ccccc1. The van der Waals surface area contributed by atoms with Crippen molar-refractivity contribution in [3.63, 3.8) is 0 Å². The maximum Gasteiger partial charge on any atom is 0.258 e. The molecule has 2 aliphatic rings. The van der Waals surface area contributed by atoms with Crippen molar-refractivity contribution in [2.24, 2.45) is 11.8 Å². The van der Waals surface area contributed by atoms with E-state index in [1.165, 1.54) is 4.31 Å². The van der Waals surface area contributed by atoms with E-state index in [0.717, 1.165) is 51.4 Å². The average molecular weight is 658 g/mol. The molecule has 0 unspecified atom stereocenters. The molecule has 0 spiro atoms. The summed E-state index contributed by atoms with van der Waals surface area (Å²) in [5.74, 6) is -0.278. The summed E-state index contributed by atoms with van der Waals surface area (Å²) in [6.07, 6.45) is 6.58. The Labute approximate surface area is 274 Å². The minimum Gasteiger partial charge on any atom is -0.490 e. The summed E-state index contributed by atoms with van der Waals surface area (Å²) in [4.78, 5) is 29.2. The number of amides is 2. The molecule has 1 heterocycles. The molecular weight excluding hydrogens is 606 g/mol. The third-order valence-corrected chi connectivity index (χ3v) is 11.0. The van der Waals surface area contributed by atoms with E-state index < -0.39 is 22.2 Å². The molecule has 4 atom stereocenters. The number of aliphatic hydroxyl groups excluding tert-OH is 1. The van der Waals surface area contributed by atoms with Gasteiger partial charge in [-0.05, 0) is 76.3 Å². The van der Waals surface area contributed by atoms with Crippen LogP contribution in [-0.2, 0) is 19.6 Å². The molecule has 0 aromatic heterocycles. The van der Waals surface area contributed by atoms with Crippen molar-refractivity contribution < 1.29 is 32.6 Å². The zero-order valence-corrected chi connectivity index (χ0v) is 28.5. The molecule has 2 N–H and O–H groups in total. The number of fused-ring (bicyclic) bond motifs is 1. The van der Waals surface area contributed by atoms with E-state index in [4.69, 9.17) is 9.47 Å². The maximum atomic E-state index is 14.3. The van der Waals surface area contributed by atoms with Crippen LogP contribution in [0.4, 0.5) is 5.69 Å². The van der Waals surface area contributed by atoms with Crippen LogP contribution in [0, 0.1) is 11.8 Å². The van der Waals surface area contributed by atoms with Crippen LogP contribution in [-0.4, -0.2) is 86.1 Å². The Kier molecular flexibility index (Phi) is 13.0. The lowest BCUT2D eigenvalue weighted by Gasteiger charge is -2.35. The Balaban J connectivity index is 1.63. The van der Waals surface area contributed by atoms with Gasteiger partial charge in [-0.25, -0.2) is 8.42 Å². The number of carbonyl (C=O) groups is 2. The molecule has 2 amide bonds. The standard InChI is InChI=1S/C35H51N3O7S/c1-25-22-38(26(2)24-39)35(41)31-21-29(36-34(40)28-14-7-5-8-15-28)18-19-32(31)45-27(3)13-11-12-20-44-33(25)23-37(4)46(42,43)30-16-9-6-10-17-30/h6,9-10,16-19,21,25-28,33,39H,5,7-8,11-15,20,22-24H2,1-4H3,(H,36,40)/t25-,26+,27+,33-/m1/s1. The molecular formula is C35H51N3O7S. The van der Waals surface area contributed by atoms with Gasteiger partial charge in [-0.3, -0.25) is 9.59 Å². The summed E-state index contributed by atoms with van der Waals surface area (Å²) in [5, 5.41) is 13.2. The molecule has 254 valence electrons. The number of hydrogen-bond donors (Lipinski definition) is 2. The van der Waals surface area contributed by atoms with Crippen LogP contribution in [0.3, 0.4) is 0 Å². The van der Waals surface area contributed by atoms with Crippen molar-refractivity contribution in [3.05, 3.63) is 54.1 Å². The van der Waals surface area contributed by atoms with Crippen LogP contribution in [0.1, 0.15) is 82.5 Å². The summed E-state index contributed by atoms with van der Waals surface area (Å²) in [6, 6.07) is 12.9. The number of benzene rings is 2. The van der Waals surface area contributed by atoms with Crippen LogP contribution in [0.15, 0.2) is 53.4 Å². The van der Waals surface area contributed by atoms with Gasteiger partial charge >= 0.3 is 0 Å². The van der Waals surface area contributed by atoms with Gasteiger partial charge in [0.15, 0.2) is 0 Å². The molecule has 1 fully saturated rings. The Morgan fingerprint density at radius 2 is 1.74 bits per heavy atom. The Bertz CT molecular complexity index is 1400. The molecule has 0 saturated heterocycles. The van der Waals surface area contributed by atoms with Crippen molar-refractivity contribution in [3.8, 4) is 5.75 Å². The molecule has 0 bridgehead atoms. The van der Waals surface area contributed by atoms with E-state index in [2.05, 4.69) is 5.32 Å². The number of aliphatic hydroxyl groups is 1. The number of hydrogen-bond acceptors (Lipinski definition) is 7. The van der Waals surface area contributed by atoms with Crippen molar-refractivity contribution >= 4 is 27.5 Å². The van der Waals surface area contributed by atoms with E-state index in [9.17, 15) is 23.1 Å². The van der Waals surface area contributed by atoms with E-state index in [0.29, 0.717) is 23.6 Å². The molecule has 10 nitrogen and oxygen atoms in total. The van der Waals surface area contributed by atoms with E-state index in [1.807, 2.05) is 13.8 Å². The first kappa shape index (κ1) is 35.9. The van der Waals surface area contributed by atoms with Crippen LogP contribution in [0.25, 0.3) is 0 Å². The summed E-state index contributed by atoms with van der Waals surface area (Å²) < 4.78 is 40.6. The topological polar surface area (TPSA) is 125 Å². The first-order chi connectivity index (χ1) is 22.0. The molecule has 4 rings (SSSR count). The third kappa shape index (κ3) is 9.30. The fourth-order valence-electron chi connectivity index (χ4n) is 6.20. The van der Waals surface area contributed by atoms with Crippen LogP contribution in [0.5, 0.6) is 5.75 Å². The maximum absolute atomic E-state index is 14.3. The van der Waals surface area contributed by atoms with Crippen molar-refractivity contribution in [2.45, 2.75) is 95.3 Å². The molecule has 1 aliphatic heterocycles. The molecule has 2 aromatic rings. The number of sulfonamides is 1. The van der Waals surface area contributed by atoms with Crippen LogP contribution < -0.4 is 10.1 Å². The lowest BCUT2D eigenvalue weighted by atomic mass is 9.88. The number of nitrogens with one attached hydrogen (secondary N) is 1. The predicted octanol–water partition coefficient (Wildman–Crippen LogP) is 5.32. The first-order valence-corrected chi connectivity index (χ1v) is 18.1. The van der Waals surface area contributed by atoms with Gasteiger partial charge in [-0.15, -0.1) is 0 Å². The minimum atomic E-state index is -3.76. The number of nitrogens with zero attached hydrogens (tertiary/aromatic N) is 2. The highest BCUT2D eigenvalue weighted by Crippen LogP contribution is 2.30. The fraction of sp³-hybridized carbons (Fsp3) is 0.600. The largest absolute Gasteiger partial charge is 0.490 e. The van der Waals surface area contributed by atoms with Gasteiger partial charge < -0.3 is 24.8 Å². The molecule has 1 aliphatic carbocycles. The summed E-state index contributed by atoms with van der Waals surface area (Å²) in [6.45, 7) is 6.14. The van der Waals surface area contributed by atoms with Crippen molar-refractivity contribution in [2.75, 3.05) is 38.7 Å². The van der Waals surface area contributed by atoms with Gasteiger partial charge in [-0.1, -0.05) is 44.4 Å². The smallest absolute Gasteiger partial charge is 0.258 e. The summed E-state index contributed by atoms with van der Waals surface area (Å²) in [5.41, 5.74) is 0.831. The van der Waals surface area contributed by atoms with Gasteiger partial charge in [0.1, 0.15) is 5.75 Å². The predicted molar refractivity (Wildman–Crippen MR) is 178 cm³/mol. The second kappa shape index (κ2) is 16.7. The summed E-state index contributed by atoms with van der Waals surface area (Å²) >= 11 is 0. The zero-order chi connectivity index (χ0) is 33.3. The second-order valence-electron chi connectivity index (χ2n) is 12.9. The Morgan fingerprint density at radius 3 is 2.43 bits per heavy atom. The number of likely N-dealkylation sites (N-methyl/N-ethyl adjacent to an activating group) is 1. The molecule has 11 heteroatoms. The molecule has 1 saturated carbocycles. The normalized spacial score (nSPS) is 23.2. The highest BCUT2D eigenvalue weighted by Gasteiger charge is 2.32. The quantitative estimate of drug-likeness (QED) is 0.394. The van der Waals surface area contributed by atoms with Crippen LogP contribution in [0.2, 0.25) is 0 Å². The van der Waals surface area contributed by atoms with Gasteiger partial charge in [0, 0.05) is 44.3 Å². The Hall–Kier alpha value is -2.99. The van der Waals surface area contributed by atoms with E-state index >= 15 is 0 Å². The lowest BCUT2D eigenvalue weighted by Crippen LogP contribution is -2.48. The lowest BCUT2D eigenvalue weighted by molar-refractivity contribution is -0.120. The zero-order valence-electron chi connectivity index (χ0n) is 27.7. The first-order valence-electron chi connectivity index (χ1n) is 16.7. The second-order valence-corrected chi connectivity index (χ2v) is 15.0. The molecule has 0 radical (unpaired) electrons. The number of ether oxygens (including phenoxy) is 2. The third-order valence-electron chi connectivity index (χ3n) is 9.18. The molecule has 46 heavy (non-hydrogen) atoms. The van der Waals surface area contributed by atoms with Crippen molar-refractivity contribution in [1.82, 2.24) is 9.21 Å². The Morgan fingerprint density at radius 1 is 1.04 bits per heavy atom. The average Bonchev–Trinajstić information content (AvgIpc) is 3.06. The molecule has 2 aromatic carbocycles. The van der Waals surface area contributed by atoms with Crippen molar-refractivity contribution in [1.29, 1.82) is 0 Å². The monoisotopic (exact) mass is 657 g/mol. The highest BCUT2D eigenvalue weighted by molar-refractivity contribution is 7.89. The van der Waals surface area contributed by atoms with Crippen LogP contribution >= 0.6 is 0 Å². The summed E-state index contributed by atoms with van der Waals surface area (Å²) in [7, 11) is -2.21. The van der Waals surface area contributed by atoms with Gasteiger partial charge in [-0.2, -0.15) is 4.31 Å². The number of anilines is 1. The van der Waals surface area contributed by atoms with Gasteiger partial charge in [0.2, 0.25) is 15.9 Å². The highest BCUT2D eigenvalue weighted by atomic mass is 32.2. The number of rotatable bonds is 8. The fourth-order valence-corrected chi connectivity index (χ4v) is 7.40. The number of carbonyl (C=O) groups excluding carboxylic acids is 2. The van der Waals surface area contributed by atoms with E-state index in [1.54, 1.807) is 67.4 Å². The van der Waals surface area contributed by atoms with E-state index in [-0.39, 0.29) is 54.3 Å². The van der Waals surface area contributed by atoms with Gasteiger partial charge in [0.25, 0.3) is 5.91 Å². The minimum absolute atomic E-state index is 0.0361.